The van der Waals surface area contributed by atoms with Gasteiger partial charge in [0.25, 0.3) is 0 Å². The van der Waals surface area contributed by atoms with E-state index in [0.29, 0.717) is 0 Å². The predicted molar refractivity (Wildman–Crippen MR) is 104 cm³/mol. The lowest BCUT2D eigenvalue weighted by Gasteiger charge is -2.10. The maximum absolute atomic E-state index is 12.0. The van der Waals surface area contributed by atoms with E-state index in [1.54, 1.807) is 0 Å². The molecule has 0 aliphatic carbocycles. The number of benzene rings is 2. The van der Waals surface area contributed by atoms with Crippen molar-refractivity contribution < 1.29 is 8.42 Å². The van der Waals surface area contributed by atoms with Gasteiger partial charge in [0, 0.05) is 19.1 Å². The lowest BCUT2D eigenvalue weighted by molar-refractivity contribution is 0.569. The smallest absolute Gasteiger partial charge is 0.216 e. The standard InChI is InChI=1S/C20H28N2O2S/c1-15(2)22-25(23,24)14-19-9-7-18(8-10-19)12-21-13-20-6-5-16(3)17(4)11-20/h5-11,15,21-22H,12-14H2,1-4H3. The molecule has 25 heavy (non-hydrogen) atoms. The van der Waals surface area contributed by atoms with Crippen LogP contribution in [0, 0.1) is 13.8 Å². The molecule has 0 amide bonds. The van der Waals surface area contributed by atoms with Gasteiger partial charge < -0.3 is 5.32 Å². The van der Waals surface area contributed by atoms with Gasteiger partial charge in [0.15, 0.2) is 0 Å². The van der Waals surface area contributed by atoms with Crippen LogP contribution < -0.4 is 10.0 Å². The second-order valence-electron chi connectivity index (χ2n) is 6.87. The van der Waals surface area contributed by atoms with E-state index >= 15 is 0 Å². The fraction of sp³-hybridized carbons (Fsp3) is 0.400. The molecule has 5 heteroatoms. The SMILES string of the molecule is Cc1ccc(CNCc2ccc(CS(=O)(=O)NC(C)C)cc2)cc1C. The monoisotopic (exact) mass is 360 g/mol. The van der Waals surface area contributed by atoms with Crippen molar-refractivity contribution in [2.75, 3.05) is 0 Å². The predicted octanol–water partition coefficient (Wildman–Crippen LogP) is 3.42. The summed E-state index contributed by atoms with van der Waals surface area (Å²) < 4.78 is 26.5. The Morgan fingerprint density at radius 3 is 2.00 bits per heavy atom. The van der Waals surface area contributed by atoms with E-state index in [1.165, 1.54) is 16.7 Å². The van der Waals surface area contributed by atoms with Crippen molar-refractivity contribution in [3.8, 4) is 0 Å². The van der Waals surface area contributed by atoms with Gasteiger partial charge in [-0.15, -0.1) is 0 Å². The third-order valence-electron chi connectivity index (χ3n) is 4.02. The van der Waals surface area contributed by atoms with Gasteiger partial charge in [-0.3, -0.25) is 0 Å². The minimum absolute atomic E-state index is 0.0154. The highest BCUT2D eigenvalue weighted by Gasteiger charge is 2.12. The Labute approximate surface area is 151 Å². The third-order valence-corrected chi connectivity index (χ3v) is 5.57. The molecule has 2 aromatic rings. The van der Waals surface area contributed by atoms with Gasteiger partial charge >= 0.3 is 0 Å². The molecule has 0 bridgehead atoms. The largest absolute Gasteiger partial charge is 0.309 e. The lowest BCUT2D eigenvalue weighted by atomic mass is 10.1. The fourth-order valence-corrected chi connectivity index (χ4v) is 4.07. The van der Waals surface area contributed by atoms with Crippen molar-refractivity contribution in [1.82, 2.24) is 10.0 Å². The molecule has 0 saturated carbocycles. The van der Waals surface area contributed by atoms with Crippen molar-refractivity contribution in [3.05, 3.63) is 70.3 Å². The summed E-state index contributed by atoms with van der Waals surface area (Å²) in [5, 5.41) is 3.43. The van der Waals surface area contributed by atoms with E-state index in [9.17, 15) is 8.42 Å². The topological polar surface area (TPSA) is 58.2 Å². The summed E-state index contributed by atoms with van der Waals surface area (Å²) in [6, 6.07) is 14.1. The molecule has 2 aromatic carbocycles. The third kappa shape index (κ3) is 6.61. The first kappa shape index (κ1) is 19.6. The summed E-state index contributed by atoms with van der Waals surface area (Å²) in [5.74, 6) is 0.0154. The molecule has 0 heterocycles. The molecule has 0 saturated heterocycles. The van der Waals surface area contributed by atoms with Crippen LogP contribution in [0.25, 0.3) is 0 Å². The van der Waals surface area contributed by atoms with Crippen LogP contribution in [0.5, 0.6) is 0 Å². The van der Waals surface area contributed by atoms with Gasteiger partial charge in [-0.05, 0) is 55.5 Å². The van der Waals surface area contributed by atoms with E-state index < -0.39 is 10.0 Å². The van der Waals surface area contributed by atoms with E-state index in [0.717, 1.165) is 24.2 Å². The van der Waals surface area contributed by atoms with Crippen molar-refractivity contribution in [1.29, 1.82) is 0 Å². The van der Waals surface area contributed by atoms with Crippen LogP contribution in [0.2, 0.25) is 0 Å². The second-order valence-corrected chi connectivity index (χ2v) is 8.62. The molecule has 136 valence electrons. The van der Waals surface area contributed by atoms with Crippen LogP contribution in [-0.2, 0) is 28.9 Å². The van der Waals surface area contributed by atoms with E-state index in [4.69, 9.17) is 0 Å². The summed E-state index contributed by atoms with van der Waals surface area (Å²) in [4.78, 5) is 0. The molecule has 0 atom stereocenters. The molecule has 4 nitrogen and oxygen atoms in total. The number of nitrogens with one attached hydrogen (secondary N) is 2. The number of hydrogen-bond acceptors (Lipinski definition) is 3. The molecule has 2 rings (SSSR count). The molecule has 0 unspecified atom stereocenters. The zero-order valence-electron chi connectivity index (χ0n) is 15.5. The van der Waals surface area contributed by atoms with E-state index in [1.807, 2.05) is 38.1 Å². The van der Waals surface area contributed by atoms with Gasteiger partial charge in [-0.2, -0.15) is 0 Å². The first-order valence-electron chi connectivity index (χ1n) is 8.60. The Hall–Kier alpha value is -1.69. The van der Waals surface area contributed by atoms with Crippen LogP contribution in [-0.4, -0.2) is 14.5 Å². The van der Waals surface area contributed by atoms with Crippen LogP contribution in [0.15, 0.2) is 42.5 Å². The van der Waals surface area contributed by atoms with Gasteiger partial charge in [-0.1, -0.05) is 42.5 Å². The minimum Gasteiger partial charge on any atom is -0.309 e. The van der Waals surface area contributed by atoms with Crippen LogP contribution in [0.4, 0.5) is 0 Å². The molecular formula is C20H28N2O2S. The van der Waals surface area contributed by atoms with Crippen LogP contribution in [0.1, 0.15) is 41.7 Å². The van der Waals surface area contributed by atoms with Gasteiger partial charge in [0.05, 0.1) is 5.75 Å². The van der Waals surface area contributed by atoms with Crippen LogP contribution >= 0.6 is 0 Å². The maximum Gasteiger partial charge on any atom is 0.216 e. The summed E-state index contributed by atoms with van der Waals surface area (Å²) in [6.45, 7) is 9.45. The Kier molecular flexibility index (Phi) is 6.76. The van der Waals surface area contributed by atoms with Crippen molar-refractivity contribution in [2.45, 2.75) is 52.6 Å². The molecule has 0 fully saturated rings. The zero-order valence-corrected chi connectivity index (χ0v) is 16.3. The first-order valence-corrected chi connectivity index (χ1v) is 10.2. The highest BCUT2D eigenvalue weighted by Crippen LogP contribution is 2.11. The second kappa shape index (κ2) is 8.61. The normalized spacial score (nSPS) is 11.9. The first-order chi connectivity index (χ1) is 11.7. The van der Waals surface area contributed by atoms with Crippen LogP contribution in [0.3, 0.4) is 0 Å². The Morgan fingerprint density at radius 1 is 0.840 bits per heavy atom. The summed E-state index contributed by atoms with van der Waals surface area (Å²) in [7, 11) is -3.27. The maximum atomic E-state index is 12.0. The summed E-state index contributed by atoms with van der Waals surface area (Å²) >= 11 is 0. The fourth-order valence-electron chi connectivity index (χ4n) is 2.64. The van der Waals surface area contributed by atoms with Crippen molar-refractivity contribution in [2.24, 2.45) is 0 Å². The Balaban J connectivity index is 1.87. The molecule has 0 aliphatic heterocycles. The van der Waals surface area contributed by atoms with Gasteiger partial charge in [0.1, 0.15) is 0 Å². The molecule has 2 N–H and O–H groups in total. The molecule has 0 aliphatic rings. The number of rotatable bonds is 8. The summed E-state index contributed by atoms with van der Waals surface area (Å²) in [6.07, 6.45) is 0. The van der Waals surface area contributed by atoms with Gasteiger partial charge in [0.2, 0.25) is 10.0 Å². The average molecular weight is 361 g/mol. The number of aryl methyl sites for hydroxylation is 2. The number of hydrogen-bond donors (Lipinski definition) is 2. The lowest BCUT2D eigenvalue weighted by Crippen LogP contribution is -2.31. The van der Waals surface area contributed by atoms with E-state index in [-0.39, 0.29) is 11.8 Å². The number of sulfonamides is 1. The quantitative estimate of drug-likeness (QED) is 0.758. The van der Waals surface area contributed by atoms with Crippen molar-refractivity contribution in [3.63, 3.8) is 0 Å². The Bertz CT molecular complexity index is 797. The van der Waals surface area contributed by atoms with Gasteiger partial charge in [-0.25, -0.2) is 13.1 Å². The molecule has 0 radical (unpaired) electrons. The van der Waals surface area contributed by atoms with E-state index in [2.05, 4.69) is 42.1 Å². The highest BCUT2D eigenvalue weighted by molar-refractivity contribution is 7.88. The Morgan fingerprint density at radius 2 is 1.40 bits per heavy atom. The van der Waals surface area contributed by atoms with Crippen molar-refractivity contribution >= 4 is 10.0 Å². The highest BCUT2D eigenvalue weighted by atomic mass is 32.2. The molecule has 0 aromatic heterocycles. The zero-order chi connectivity index (χ0) is 18.4. The molecule has 0 spiro atoms. The summed E-state index contributed by atoms with van der Waals surface area (Å²) in [5.41, 5.74) is 5.82. The minimum atomic E-state index is -3.27. The molecular weight excluding hydrogens is 332 g/mol. The average Bonchev–Trinajstić information content (AvgIpc) is 2.51.